The Bertz CT molecular complexity index is 715. The molecule has 0 aromatic carbocycles. The number of carbonyl (C=O) groups excluding carboxylic acids is 4. The van der Waals surface area contributed by atoms with E-state index in [0.29, 0.717) is 31.4 Å². The van der Waals surface area contributed by atoms with Crippen LogP contribution in [0.4, 0.5) is 0 Å². The number of carbonyl (C=O) groups is 4. The van der Waals surface area contributed by atoms with Gasteiger partial charge in [0.15, 0.2) is 5.69 Å². The van der Waals surface area contributed by atoms with E-state index in [-0.39, 0.29) is 29.9 Å². The smallest absolute Gasteiger partial charge is 0.274 e. The fraction of sp³-hybridized carbons (Fsp3) is 0.632. The van der Waals surface area contributed by atoms with Crippen LogP contribution in [-0.2, 0) is 14.4 Å². The summed E-state index contributed by atoms with van der Waals surface area (Å²) < 4.78 is 4.89. The highest BCUT2D eigenvalue weighted by molar-refractivity contribution is 5.96. The molecule has 1 aliphatic heterocycles. The molecule has 2 rings (SSSR count). The molecule has 28 heavy (non-hydrogen) atoms. The standard InChI is InChI=1S/C19H28N4O5/c1-11(2)7-15(22-19(27)16-8-12(3)28-23-16)18(26)21-14(10-24)9-13-5-4-6-20-17(13)25/h8,10-11,13-15H,4-7,9H2,1-3H3,(H,20,25)(H,21,26)(H,22,27)/t13-,14?,15?/m0/s1. The number of nitrogens with one attached hydrogen (secondary N) is 3. The van der Waals surface area contributed by atoms with Crippen LogP contribution in [0.5, 0.6) is 0 Å². The van der Waals surface area contributed by atoms with Gasteiger partial charge in [0.25, 0.3) is 5.91 Å². The van der Waals surface area contributed by atoms with Crippen LogP contribution < -0.4 is 16.0 Å². The molecule has 0 saturated carbocycles. The molecular formula is C19H28N4O5. The first-order valence-corrected chi connectivity index (χ1v) is 9.57. The molecule has 1 fully saturated rings. The Morgan fingerprint density at radius 1 is 1.39 bits per heavy atom. The van der Waals surface area contributed by atoms with Crippen molar-refractivity contribution in [3.63, 3.8) is 0 Å². The van der Waals surface area contributed by atoms with Crippen molar-refractivity contribution >= 4 is 24.0 Å². The predicted octanol–water partition coefficient (Wildman–Crippen LogP) is 0.728. The summed E-state index contributed by atoms with van der Waals surface area (Å²) in [7, 11) is 0. The molecule has 2 unspecified atom stereocenters. The summed E-state index contributed by atoms with van der Waals surface area (Å²) >= 11 is 0. The van der Waals surface area contributed by atoms with Gasteiger partial charge in [-0.3, -0.25) is 14.4 Å². The Labute approximate surface area is 164 Å². The van der Waals surface area contributed by atoms with Gasteiger partial charge in [0.05, 0.1) is 6.04 Å². The molecule has 1 saturated heterocycles. The maximum Gasteiger partial charge on any atom is 0.274 e. The number of aldehydes is 1. The summed E-state index contributed by atoms with van der Waals surface area (Å²) in [6, 6.07) is -0.135. The van der Waals surface area contributed by atoms with Crippen LogP contribution in [0.3, 0.4) is 0 Å². The van der Waals surface area contributed by atoms with Gasteiger partial charge in [-0.05, 0) is 38.5 Å². The molecule has 3 N–H and O–H groups in total. The molecule has 3 amide bonds. The molecule has 1 aliphatic rings. The number of amides is 3. The highest BCUT2D eigenvalue weighted by Gasteiger charge is 2.29. The van der Waals surface area contributed by atoms with Crippen molar-refractivity contribution in [2.24, 2.45) is 11.8 Å². The van der Waals surface area contributed by atoms with Crippen LogP contribution >= 0.6 is 0 Å². The second-order valence-corrected chi connectivity index (χ2v) is 7.60. The summed E-state index contributed by atoms with van der Waals surface area (Å²) in [6.07, 6.45) is 2.80. The molecule has 1 aromatic rings. The number of hydrogen-bond acceptors (Lipinski definition) is 6. The summed E-state index contributed by atoms with van der Waals surface area (Å²) in [4.78, 5) is 48.4. The first-order valence-electron chi connectivity index (χ1n) is 9.57. The monoisotopic (exact) mass is 392 g/mol. The second-order valence-electron chi connectivity index (χ2n) is 7.60. The van der Waals surface area contributed by atoms with Gasteiger partial charge in [0, 0.05) is 18.5 Å². The van der Waals surface area contributed by atoms with E-state index in [1.165, 1.54) is 6.07 Å². The van der Waals surface area contributed by atoms with Gasteiger partial charge < -0.3 is 25.3 Å². The summed E-state index contributed by atoms with van der Waals surface area (Å²) in [5.74, 6) is -0.764. The van der Waals surface area contributed by atoms with E-state index >= 15 is 0 Å². The lowest BCUT2D eigenvalue weighted by Crippen LogP contribution is -2.51. The van der Waals surface area contributed by atoms with Crippen molar-refractivity contribution in [2.75, 3.05) is 6.54 Å². The Kier molecular flexibility index (Phi) is 7.71. The molecule has 154 valence electrons. The van der Waals surface area contributed by atoms with Gasteiger partial charge in [-0.25, -0.2) is 0 Å². The first-order chi connectivity index (χ1) is 13.3. The lowest BCUT2D eigenvalue weighted by atomic mass is 9.91. The van der Waals surface area contributed by atoms with E-state index in [9.17, 15) is 19.2 Å². The maximum absolute atomic E-state index is 12.7. The molecular weight excluding hydrogens is 364 g/mol. The Morgan fingerprint density at radius 2 is 2.14 bits per heavy atom. The minimum absolute atomic E-state index is 0.0878. The molecule has 0 bridgehead atoms. The molecule has 1 aromatic heterocycles. The number of aryl methyl sites for hydroxylation is 1. The molecule has 0 aliphatic carbocycles. The SMILES string of the molecule is Cc1cc(C(=O)NC(CC(C)C)C(=O)NC(C=O)C[C@@H]2CCCNC2=O)no1. The highest BCUT2D eigenvalue weighted by Crippen LogP contribution is 2.17. The molecule has 9 nitrogen and oxygen atoms in total. The Morgan fingerprint density at radius 3 is 2.71 bits per heavy atom. The molecule has 3 atom stereocenters. The van der Waals surface area contributed by atoms with Crippen LogP contribution in [-0.4, -0.2) is 47.8 Å². The van der Waals surface area contributed by atoms with E-state index in [0.717, 1.165) is 6.42 Å². The topological polar surface area (TPSA) is 130 Å². The molecule has 0 radical (unpaired) electrons. The zero-order chi connectivity index (χ0) is 20.7. The van der Waals surface area contributed by atoms with Crippen molar-refractivity contribution < 1.29 is 23.7 Å². The van der Waals surface area contributed by atoms with E-state index in [1.807, 2.05) is 13.8 Å². The number of hydrogen-bond donors (Lipinski definition) is 3. The van der Waals surface area contributed by atoms with E-state index in [2.05, 4.69) is 21.1 Å². The number of rotatable bonds is 9. The normalized spacial score (nSPS) is 18.9. The Balaban J connectivity index is 2.00. The largest absolute Gasteiger partial charge is 0.361 e. The van der Waals surface area contributed by atoms with Crippen molar-refractivity contribution in [3.05, 3.63) is 17.5 Å². The van der Waals surface area contributed by atoms with Gasteiger partial charge in [-0.15, -0.1) is 0 Å². The zero-order valence-corrected chi connectivity index (χ0v) is 16.5. The van der Waals surface area contributed by atoms with Crippen LogP contribution in [0, 0.1) is 18.8 Å². The average molecular weight is 392 g/mol. The van der Waals surface area contributed by atoms with Gasteiger partial charge in [0.2, 0.25) is 11.8 Å². The van der Waals surface area contributed by atoms with Gasteiger partial charge >= 0.3 is 0 Å². The molecule has 2 heterocycles. The molecule has 9 heteroatoms. The lowest BCUT2D eigenvalue weighted by molar-refractivity contribution is -0.129. The third kappa shape index (κ3) is 6.17. The van der Waals surface area contributed by atoms with Crippen LogP contribution in [0.15, 0.2) is 10.6 Å². The van der Waals surface area contributed by atoms with Crippen LogP contribution in [0.25, 0.3) is 0 Å². The minimum atomic E-state index is -0.827. The summed E-state index contributed by atoms with van der Waals surface area (Å²) in [6.45, 7) is 6.15. The van der Waals surface area contributed by atoms with Crippen LogP contribution in [0.1, 0.15) is 55.8 Å². The van der Waals surface area contributed by atoms with Gasteiger partial charge in [-0.1, -0.05) is 19.0 Å². The summed E-state index contributed by atoms with van der Waals surface area (Å²) in [5, 5.41) is 11.7. The quantitative estimate of drug-likeness (QED) is 0.531. The third-order valence-corrected chi connectivity index (χ3v) is 4.62. The second kappa shape index (κ2) is 10.0. The minimum Gasteiger partial charge on any atom is -0.361 e. The van der Waals surface area contributed by atoms with Gasteiger partial charge in [0.1, 0.15) is 18.1 Å². The zero-order valence-electron chi connectivity index (χ0n) is 16.5. The summed E-state index contributed by atoms with van der Waals surface area (Å²) in [5.41, 5.74) is 0.0878. The average Bonchev–Trinajstić information content (AvgIpc) is 3.08. The van der Waals surface area contributed by atoms with Crippen LogP contribution in [0.2, 0.25) is 0 Å². The number of nitrogens with zero attached hydrogens (tertiary/aromatic N) is 1. The fourth-order valence-electron chi connectivity index (χ4n) is 3.21. The maximum atomic E-state index is 12.7. The van der Waals surface area contributed by atoms with Crippen molar-refractivity contribution in [1.82, 2.24) is 21.1 Å². The predicted molar refractivity (Wildman–Crippen MR) is 100 cm³/mol. The first kappa shape index (κ1) is 21.6. The fourth-order valence-corrected chi connectivity index (χ4v) is 3.21. The van der Waals surface area contributed by atoms with E-state index in [4.69, 9.17) is 4.52 Å². The van der Waals surface area contributed by atoms with Crippen molar-refractivity contribution in [3.8, 4) is 0 Å². The van der Waals surface area contributed by atoms with E-state index in [1.54, 1.807) is 6.92 Å². The van der Waals surface area contributed by atoms with Crippen molar-refractivity contribution in [1.29, 1.82) is 0 Å². The number of aromatic nitrogens is 1. The molecule has 0 spiro atoms. The van der Waals surface area contributed by atoms with Gasteiger partial charge in [-0.2, -0.15) is 0 Å². The Hall–Kier alpha value is -2.71. The lowest BCUT2D eigenvalue weighted by Gasteiger charge is -2.26. The van der Waals surface area contributed by atoms with E-state index < -0.39 is 23.9 Å². The van der Waals surface area contributed by atoms with Crippen molar-refractivity contribution in [2.45, 2.75) is 58.5 Å². The highest BCUT2D eigenvalue weighted by atomic mass is 16.5. The number of piperidine rings is 1. The third-order valence-electron chi connectivity index (χ3n) is 4.62.